The highest BCUT2D eigenvalue weighted by molar-refractivity contribution is 7.89. The van der Waals surface area contributed by atoms with Crippen molar-refractivity contribution in [3.8, 4) is 0 Å². The molecule has 40 heavy (non-hydrogen) atoms. The van der Waals surface area contributed by atoms with Crippen LogP contribution in [0.25, 0.3) is 0 Å². The summed E-state index contributed by atoms with van der Waals surface area (Å²) in [6, 6.07) is 11.7. The molecule has 0 aliphatic carbocycles. The zero-order valence-corrected chi connectivity index (χ0v) is 22.7. The van der Waals surface area contributed by atoms with Crippen LogP contribution in [0.3, 0.4) is 0 Å². The molecule has 2 atom stereocenters. The largest absolute Gasteiger partial charge is 0.480 e. The van der Waals surface area contributed by atoms with Crippen LogP contribution in [0.1, 0.15) is 25.3 Å². The fourth-order valence-corrected chi connectivity index (χ4v) is 5.78. The van der Waals surface area contributed by atoms with Crippen molar-refractivity contribution in [1.82, 2.24) is 20.3 Å². The number of nitrogens with one attached hydrogen (secondary N) is 5. The van der Waals surface area contributed by atoms with Crippen molar-refractivity contribution < 1.29 is 32.7 Å². The van der Waals surface area contributed by atoms with Gasteiger partial charge in [-0.05, 0) is 49.6 Å². The van der Waals surface area contributed by atoms with Crippen LogP contribution in [0, 0.1) is 5.41 Å². The van der Waals surface area contributed by atoms with Gasteiger partial charge in [0.25, 0.3) is 0 Å². The van der Waals surface area contributed by atoms with Gasteiger partial charge in [-0.3, -0.25) is 19.8 Å². The molecule has 1 saturated heterocycles. The van der Waals surface area contributed by atoms with E-state index in [0.29, 0.717) is 17.7 Å². The van der Waals surface area contributed by atoms with Gasteiger partial charge >= 0.3 is 5.97 Å². The Balaban J connectivity index is 1.57. The van der Waals surface area contributed by atoms with Gasteiger partial charge in [0.2, 0.25) is 27.7 Å². The van der Waals surface area contributed by atoms with E-state index in [1.807, 2.05) is 0 Å². The monoisotopic (exact) mass is 572 g/mol. The first-order chi connectivity index (χ1) is 19.0. The molecule has 0 radical (unpaired) electrons. The van der Waals surface area contributed by atoms with E-state index in [4.69, 9.17) is 5.41 Å². The molecule has 214 valence electrons. The first-order valence-electron chi connectivity index (χ1n) is 12.5. The lowest BCUT2D eigenvalue weighted by atomic mass is 10.0. The van der Waals surface area contributed by atoms with Gasteiger partial charge in [-0.15, -0.1) is 0 Å². The summed E-state index contributed by atoms with van der Waals surface area (Å²) in [6.07, 6.45) is 0.681. The van der Waals surface area contributed by atoms with Crippen molar-refractivity contribution in [3.05, 3.63) is 60.2 Å². The van der Waals surface area contributed by atoms with Gasteiger partial charge in [-0.2, -0.15) is 4.31 Å². The molecule has 13 nitrogen and oxygen atoms in total. The molecule has 0 aromatic heterocycles. The van der Waals surface area contributed by atoms with Crippen molar-refractivity contribution in [2.24, 2.45) is 0 Å². The maximum Gasteiger partial charge on any atom is 0.326 e. The van der Waals surface area contributed by atoms with Crippen molar-refractivity contribution in [3.63, 3.8) is 0 Å². The smallest absolute Gasteiger partial charge is 0.326 e. The van der Waals surface area contributed by atoms with E-state index >= 15 is 0 Å². The summed E-state index contributed by atoms with van der Waals surface area (Å²) in [5, 5.41) is 27.0. The normalized spacial score (nSPS) is 16.0. The topological polar surface area (TPSA) is 198 Å². The molecule has 0 spiro atoms. The Hall–Kier alpha value is -4.30. The number of carbonyl (C=O) groups excluding carboxylic acids is 3. The fraction of sp³-hybridized carbons (Fsp3) is 0.346. The Morgan fingerprint density at radius 3 is 2.27 bits per heavy atom. The first-order valence-corrected chi connectivity index (χ1v) is 14.0. The molecule has 1 heterocycles. The highest BCUT2D eigenvalue weighted by atomic mass is 32.2. The molecule has 2 aromatic rings. The maximum absolute atomic E-state index is 13.1. The van der Waals surface area contributed by atoms with Gasteiger partial charge in [0.05, 0.1) is 23.8 Å². The van der Waals surface area contributed by atoms with Crippen LogP contribution < -0.4 is 21.3 Å². The summed E-state index contributed by atoms with van der Waals surface area (Å²) in [4.78, 5) is 48.7. The third kappa shape index (κ3) is 8.35. The van der Waals surface area contributed by atoms with E-state index in [0.717, 1.165) is 4.31 Å². The third-order valence-corrected chi connectivity index (χ3v) is 8.03. The molecule has 1 fully saturated rings. The van der Waals surface area contributed by atoms with Crippen LogP contribution in [0.2, 0.25) is 0 Å². The number of hydrogen-bond acceptors (Lipinski definition) is 7. The number of hydrogen-bond donors (Lipinski definition) is 6. The summed E-state index contributed by atoms with van der Waals surface area (Å²) in [5.74, 6) is -2.75. The van der Waals surface area contributed by atoms with Crippen molar-refractivity contribution in [1.29, 1.82) is 5.41 Å². The number of aliphatic carboxylic acids is 1. The minimum atomic E-state index is -3.92. The molecule has 1 aliphatic heterocycles. The second kappa shape index (κ2) is 13.7. The molecule has 2 aromatic carbocycles. The van der Waals surface area contributed by atoms with Gasteiger partial charge in [-0.25, -0.2) is 13.2 Å². The molecule has 1 aliphatic rings. The molecule has 6 N–H and O–H groups in total. The quantitative estimate of drug-likeness (QED) is 0.154. The van der Waals surface area contributed by atoms with Gasteiger partial charge in [0, 0.05) is 18.7 Å². The number of carboxylic acid groups (broad SMARTS) is 1. The SMILES string of the molecule is CC(=N)NCC(=O)NCC(=O)Nc1ccc(CC(NC(=O)C2CCCN2S(=O)(=O)c2ccccc2)C(=O)O)cc1. The Bertz CT molecular complexity index is 1350. The molecule has 0 bridgehead atoms. The van der Waals surface area contributed by atoms with Gasteiger partial charge in [0.15, 0.2) is 0 Å². The van der Waals surface area contributed by atoms with E-state index in [9.17, 15) is 32.7 Å². The van der Waals surface area contributed by atoms with Crippen molar-refractivity contribution in [2.45, 2.75) is 43.2 Å². The van der Waals surface area contributed by atoms with Crippen molar-refractivity contribution >= 4 is 45.2 Å². The Morgan fingerprint density at radius 1 is 1.00 bits per heavy atom. The second-order valence-corrected chi connectivity index (χ2v) is 11.1. The number of sulfonamides is 1. The summed E-state index contributed by atoms with van der Waals surface area (Å²) in [5.41, 5.74) is 0.979. The highest BCUT2D eigenvalue weighted by Gasteiger charge is 2.40. The summed E-state index contributed by atoms with van der Waals surface area (Å²) < 4.78 is 27.2. The maximum atomic E-state index is 13.1. The van der Waals surface area contributed by atoms with Crippen LogP contribution in [-0.2, 0) is 35.6 Å². The molecule has 3 amide bonds. The standard InChI is InChI=1S/C26H32N6O7S/c1-17(27)28-15-23(33)29-16-24(34)30-19-11-9-18(10-12-19)14-21(26(36)37)31-25(35)22-8-5-13-32(22)40(38,39)20-6-3-2-4-7-20/h2-4,6-7,9-12,21-22H,5,8,13-16H2,1H3,(H2,27,28)(H,29,33)(H,30,34)(H,31,35)(H,36,37). The number of carboxylic acids is 1. The number of amides is 3. The Morgan fingerprint density at radius 2 is 1.65 bits per heavy atom. The predicted molar refractivity (Wildman–Crippen MR) is 146 cm³/mol. The van der Waals surface area contributed by atoms with Gasteiger partial charge in [0.1, 0.15) is 12.1 Å². The zero-order valence-electron chi connectivity index (χ0n) is 21.8. The minimum absolute atomic E-state index is 0.0638. The highest BCUT2D eigenvalue weighted by Crippen LogP contribution is 2.26. The number of carbonyl (C=O) groups is 4. The predicted octanol–water partition coefficient (Wildman–Crippen LogP) is 0.293. The molecule has 3 rings (SSSR count). The molecular formula is C26H32N6O7S. The van der Waals surface area contributed by atoms with Crippen LogP contribution in [-0.4, -0.2) is 79.1 Å². The molecular weight excluding hydrogens is 540 g/mol. The van der Waals surface area contributed by atoms with Gasteiger partial charge < -0.3 is 26.4 Å². The van der Waals surface area contributed by atoms with Gasteiger partial charge in [-0.1, -0.05) is 30.3 Å². The first kappa shape index (κ1) is 30.2. The third-order valence-electron chi connectivity index (χ3n) is 6.11. The minimum Gasteiger partial charge on any atom is -0.480 e. The molecule has 2 unspecified atom stereocenters. The van der Waals surface area contributed by atoms with E-state index in [1.54, 1.807) is 42.5 Å². The fourth-order valence-electron chi connectivity index (χ4n) is 4.10. The summed E-state index contributed by atoms with van der Waals surface area (Å²) in [6.45, 7) is 1.24. The lowest BCUT2D eigenvalue weighted by molar-refractivity contribution is -0.142. The number of rotatable bonds is 12. The van der Waals surface area contributed by atoms with Crippen LogP contribution in [0.4, 0.5) is 5.69 Å². The Labute approximate surface area is 231 Å². The summed E-state index contributed by atoms with van der Waals surface area (Å²) >= 11 is 0. The molecule has 0 saturated carbocycles. The van der Waals surface area contributed by atoms with E-state index in [1.165, 1.54) is 19.1 Å². The van der Waals surface area contributed by atoms with Crippen LogP contribution in [0.5, 0.6) is 0 Å². The number of benzene rings is 2. The average Bonchev–Trinajstić information content (AvgIpc) is 3.43. The van der Waals surface area contributed by atoms with E-state index in [2.05, 4.69) is 21.3 Å². The summed E-state index contributed by atoms with van der Waals surface area (Å²) in [7, 11) is -3.92. The van der Waals surface area contributed by atoms with Crippen molar-refractivity contribution in [2.75, 3.05) is 25.0 Å². The van der Waals surface area contributed by atoms with Crippen LogP contribution in [0.15, 0.2) is 59.5 Å². The molecule has 14 heteroatoms. The number of amidine groups is 1. The van der Waals surface area contributed by atoms with E-state index in [-0.39, 0.29) is 43.2 Å². The number of nitrogens with zero attached hydrogens (tertiary/aromatic N) is 1. The zero-order chi connectivity index (χ0) is 29.3. The van der Waals surface area contributed by atoms with E-state index < -0.39 is 45.8 Å². The average molecular weight is 573 g/mol. The lowest BCUT2D eigenvalue weighted by Gasteiger charge is -2.25. The second-order valence-electron chi connectivity index (χ2n) is 9.19. The number of anilines is 1. The Kier molecular flexibility index (Phi) is 10.3. The van der Waals surface area contributed by atoms with Crippen LogP contribution >= 0.6 is 0 Å². The lowest BCUT2D eigenvalue weighted by Crippen LogP contribution is -2.51.